The van der Waals surface area contributed by atoms with Crippen molar-refractivity contribution in [1.82, 2.24) is 14.8 Å². The van der Waals surface area contributed by atoms with Crippen molar-refractivity contribution in [2.45, 2.75) is 43.9 Å². The number of alkyl halides is 3. The normalized spacial score (nSPS) is 19.3. The fraction of sp³-hybridized carbons (Fsp3) is 0.567. The summed E-state index contributed by atoms with van der Waals surface area (Å²) in [6, 6.07) is 8.27. The number of hydrogen-bond acceptors (Lipinski definition) is 7. The molecule has 2 aliphatic rings. The van der Waals surface area contributed by atoms with Crippen LogP contribution >= 0.6 is 11.6 Å². The van der Waals surface area contributed by atoms with E-state index in [0.717, 1.165) is 36.3 Å². The van der Waals surface area contributed by atoms with Gasteiger partial charge in [-0.05, 0) is 62.3 Å². The molecule has 2 aromatic rings. The van der Waals surface area contributed by atoms with Crippen molar-refractivity contribution in [3.63, 3.8) is 0 Å². The van der Waals surface area contributed by atoms with Gasteiger partial charge in [0.15, 0.2) is 0 Å². The molecule has 13 heteroatoms. The van der Waals surface area contributed by atoms with Gasteiger partial charge in [-0.1, -0.05) is 23.7 Å². The number of ether oxygens (including phenoxy) is 1. The number of nitrogens with zero attached hydrogens (tertiary/aromatic N) is 4. The third-order valence-electron chi connectivity index (χ3n) is 8.49. The van der Waals surface area contributed by atoms with Crippen molar-refractivity contribution in [1.29, 1.82) is 0 Å². The molecule has 2 atom stereocenters. The van der Waals surface area contributed by atoms with Crippen molar-refractivity contribution < 1.29 is 37.7 Å². The van der Waals surface area contributed by atoms with Gasteiger partial charge in [-0.25, -0.2) is 4.98 Å². The Labute approximate surface area is 254 Å². The number of aromatic nitrogens is 1. The summed E-state index contributed by atoms with van der Waals surface area (Å²) in [4.78, 5) is 35.0. The number of carbonyl (C=O) groups excluding carboxylic acids is 2. The fourth-order valence-electron chi connectivity index (χ4n) is 5.80. The van der Waals surface area contributed by atoms with Crippen LogP contribution in [-0.2, 0) is 10.4 Å². The van der Waals surface area contributed by atoms with Crippen molar-refractivity contribution in [3.8, 4) is 5.75 Å². The number of aliphatic hydroxyl groups is 2. The minimum atomic E-state index is -5.23. The molecule has 236 valence electrons. The number of methoxy groups -OCH3 is 1. The van der Waals surface area contributed by atoms with Crippen LogP contribution in [0.2, 0.25) is 5.15 Å². The van der Waals surface area contributed by atoms with E-state index in [1.807, 2.05) is 0 Å². The molecule has 3 heterocycles. The molecule has 2 fully saturated rings. The van der Waals surface area contributed by atoms with E-state index in [2.05, 4.69) is 9.88 Å². The van der Waals surface area contributed by atoms with Gasteiger partial charge < -0.3 is 29.6 Å². The summed E-state index contributed by atoms with van der Waals surface area (Å²) in [5.74, 6) is -0.471. The Bertz CT molecular complexity index is 1290. The molecule has 0 saturated carbocycles. The summed E-state index contributed by atoms with van der Waals surface area (Å²) in [5.41, 5.74) is -3.95. The summed E-state index contributed by atoms with van der Waals surface area (Å²) >= 11 is 6.40. The van der Waals surface area contributed by atoms with Crippen LogP contribution < -0.4 is 9.64 Å². The topological polar surface area (TPSA) is 106 Å². The van der Waals surface area contributed by atoms with Crippen LogP contribution in [0.3, 0.4) is 0 Å². The maximum absolute atomic E-state index is 14.0. The lowest BCUT2D eigenvalue weighted by Crippen LogP contribution is -2.55. The van der Waals surface area contributed by atoms with Gasteiger partial charge in [0.05, 0.1) is 12.7 Å². The Morgan fingerprint density at radius 3 is 2.42 bits per heavy atom. The highest BCUT2D eigenvalue weighted by atomic mass is 35.5. The predicted molar refractivity (Wildman–Crippen MR) is 155 cm³/mol. The number of rotatable bonds is 10. The lowest BCUT2D eigenvalue weighted by molar-refractivity contribution is -0.261. The molecule has 1 aromatic heterocycles. The first-order chi connectivity index (χ1) is 20.4. The van der Waals surface area contributed by atoms with Gasteiger partial charge in [-0.2, -0.15) is 13.2 Å². The van der Waals surface area contributed by atoms with Crippen LogP contribution in [0.1, 0.15) is 48.0 Å². The highest BCUT2D eigenvalue weighted by Gasteiger charge is 2.61. The average Bonchev–Trinajstić information content (AvgIpc) is 3.49. The standard InChI is InChI=1S/C30H38ClF3N4O5/c1-36(28(41)29(42,30(32,33)34)22-6-3-7-23(17-22)43-2)13-4-5-20-10-14-37(15-11-20)25-9-8-24(26(31)35-25)27(40)38-16-12-21(18-38)19-39/h3,6-9,17,20-21,39,42H,4-5,10-16,18-19H2,1-2H3/t21-,29-/m1/s1. The van der Waals surface area contributed by atoms with E-state index >= 15 is 0 Å². The van der Waals surface area contributed by atoms with E-state index in [0.29, 0.717) is 56.3 Å². The largest absolute Gasteiger partial charge is 0.497 e. The predicted octanol–water partition coefficient (Wildman–Crippen LogP) is 4.10. The number of pyridine rings is 1. The van der Waals surface area contributed by atoms with E-state index in [9.17, 15) is 33.0 Å². The Hall–Kier alpha value is -3.09. The molecule has 4 rings (SSSR count). The number of carbonyl (C=O) groups is 2. The number of likely N-dealkylation sites (tertiary alicyclic amines) is 1. The molecule has 2 N–H and O–H groups in total. The Morgan fingerprint density at radius 2 is 1.81 bits per heavy atom. The molecule has 1 aromatic carbocycles. The van der Waals surface area contributed by atoms with Gasteiger partial charge in [0.2, 0.25) is 0 Å². The van der Waals surface area contributed by atoms with Crippen LogP contribution in [0, 0.1) is 11.8 Å². The SMILES string of the molecule is COc1cccc([C@@](O)(C(=O)N(C)CCCC2CCN(c3ccc(C(=O)N4CC[C@@H](CO)C4)c(Cl)n3)CC2)C(F)(F)F)c1. The Morgan fingerprint density at radius 1 is 1.12 bits per heavy atom. The molecule has 2 amide bonds. The van der Waals surface area contributed by atoms with E-state index in [1.165, 1.54) is 26.3 Å². The summed E-state index contributed by atoms with van der Waals surface area (Å²) < 4.78 is 47.1. The third kappa shape index (κ3) is 7.18. The molecular formula is C30H38ClF3N4O5. The maximum Gasteiger partial charge on any atom is 0.430 e. The van der Waals surface area contributed by atoms with Gasteiger partial charge in [0.1, 0.15) is 16.7 Å². The number of piperidine rings is 1. The lowest BCUT2D eigenvalue weighted by Gasteiger charge is -2.34. The highest BCUT2D eigenvalue weighted by molar-refractivity contribution is 6.32. The van der Waals surface area contributed by atoms with Crippen LogP contribution in [0.25, 0.3) is 0 Å². The lowest BCUT2D eigenvalue weighted by atomic mass is 9.90. The third-order valence-corrected chi connectivity index (χ3v) is 8.78. The minimum Gasteiger partial charge on any atom is -0.497 e. The Balaban J connectivity index is 1.28. The number of anilines is 1. The summed E-state index contributed by atoms with van der Waals surface area (Å²) in [6.07, 6.45) is -1.63. The zero-order chi connectivity index (χ0) is 31.4. The van der Waals surface area contributed by atoms with E-state index in [-0.39, 0.29) is 35.9 Å². The van der Waals surface area contributed by atoms with Gasteiger partial charge in [0.25, 0.3) is 17.4 Å². The van der Waals surface area contributed by atoms with Crippen molar-refractivity contribution in [3.05, 3.63) is 52.7 Å². The number of aliphatic hydroxyl groups excluding tert-OH is 1. The maximum atomic E-state index is 14.0. The minimum absolute atomic E-state index is 0.0468. The van der Waals surface area contributed by atoms with E-state index in [1.54, 1.807) is 17.0 Å². The second-order valence-corrected chi connectivity index (χ2v) is 11.7. The monoisotopic (exact) mass is 626 g/mol. The summed E-state index contributed by atoms with van der Waals surface area (Å²) in [7, 11) is 2.55. The molecule has 2 saturated heterocycles. The Kier molecular flexibility index (Phi) is 10.4. The molecule has 0 aliphatic carbocycles. The highest BCUT2D eigenvalue weighted by Crippen LogP contribution is 2.41. The number of halogens is 4. The summed E-state index contributed by atoms with van der Waals surface area (Å²) in [5, 5.41) is 20.2. The van der Waals surface area contributed by atoms with E-state index < -0.39 is 23.2 Å². The van der Waals surface area contributed by atoms with Crippen LogP contribution in [0.5, 0.6) is 5.75 Å². The van der Waals surface area contributed by atoms with Crippen molar-refractivity contribution >= 4 is 29.2 Å². The molecule has 43 heavy (non-hydrogen) atoms. The molecule has 0 bridgehead atoms. The zero-order valence-electron chi connectivity index (χ0n) is 24.3. The second kappa shape index (κ2) is 13.7. The molecule has 0 spiro atoms. The van der Waals surface area contributed by atoms with Crippen molar-refractivity contribution in [2.75, 3.05) is 58.4 Å². The van der Waals surface area contributed by atoms with Gasteiger partial charge in [-0.3, -0.25) is 9.59 Å². The van der Waals surface area contributed by atoms with Gasteiger partial charge in [-0.15, -0.1) is 0 Å². The molecule has 0 unspecified atom stereocenters. The number of amides is 2. The first-order valence-electron chi connectivity index (χ1n) is 14.4. The molecule has 9 nitrogen and oxygen atoms in total. The van der Waals surface area contributed by atoms with Crippen LogP contribution in [0.4, 0.5) is 19.0 Å². The number of likely N-dealkylation sites (N-methyl/N-ethyl adjacent to an activating group) is 1. The number of hydrogen-bond donors (Lipinski definition) is 2. The smallest absolute Gasteiger partial charge is 0.430 e. The molecule has 0 radical (unpaired) electrons. The van der Waals surface area contributed by atoms with Crippen molar-refractivity contribution in [2.24, 2.45) is 11.8 Å². The van der Waals surface area contributed by atoms with Crippen LogP contribution in [-0.4, -0.2) is 96.5 Å². The first-order valence-corrected chi connectivity index (χ1v) is 14.8. The van der Waals surface area contributed by atoms with Crippen LogP contribution in [0.15, 0.2) is 36.4 Å². The molecular weight excluding hydrogens is 589 g/mol. The fourth-order valence-corrected chi connectivity index (χ4v) is 6.03. The first kappa shape index (κ1) is 32.8. The van der Waals surface area contributed by atoms with E-state index in [4.69, 9.17) is 16.3 Å². The quantitative estimate of drug-likeness (QED) is 0.383. The summed E-state index contributed by atoms with van der Waals surface area (Å²) in [6.45, 7) is 2.57. The van der Waals surface area contributed by atoms with Gasteiger partial charge in [0, 0.05) is 57.9 Å². The zero-order valence-corrected chi connectivity index (χ0v) is 25.1. The molecule has 2 aliphatic heterocycles. The second-order valence-electron chi connectivity index (χ2n) is 11.3. The number of benzene rings is 1. The average molecular weight is 627 g/mol. The van der Waals surface area contributed by atoms with Gasteiger partial charge >= 0.3 is 6.18 Å².